The van der Waals surface area contributed by atoms with Crippen LogP contribution in [0, 0.1) is 0 Å². The molecule has 1 heterocycles. The van der Waals surface area contributed by atoms with E-state index in [9.17, 15) is 0 Å². The Morgan fingerprint density at radius 1 is 0.682 bits per heavy atom. The van der Waals surface area contributed by atoms with Gasteiger partial charge in [-0.3, -0.25) is 0 Å². The van der Waals surface area contributed by atoms with Crippen LogP contribution in [-0.4, -0.2) is 7.05 Å². The molecule has 4 rings (SSSR count). The second-order valence-electron chi connectivity index (χ2n) is 6.75. The second-order valence-corrected chi connectivity index (χ2v) is 6.75. The molecule has 3 unspecified atom stereocenters. The van der Waals surface area contributed by atoms with E-state index in [0.29, 0.717) is 17.8 Å². The van der Waals surface area contributed by atoms with Gasteiger partial charge in [-0.2, -0.15) is 0 Å². The van der Waals surface area contributed by atoms with Crippen LogP contribution >= 0.6 is 0 Å². The number of likely N-dealkylation sites (N-methyl/N-ethyl adjacent to an activating group) is 1. The fourth-order valence-electron chi connectivity index (χ4n) is 4.62. The summed E-state index contributed by atoms with van der Waals surface area (Å²) < 4.78 is 0. The summed E-state index contributed by atoms with van der Waals surface area (Å²) in [7, 11) is 2.23. The molecule has 0 bridgehead atoms. The third-order valence-corrected chi connectivity index (χ3v) is 5.69. The zero-order valence-electron chi connectivity index (χ0n) is 13.8. The molecule has 0 fully saturated rings. The van der Waals surface area contributed by atoms with Crippen LogP contribution in [0.1, 0.15) is 55.2 Å². The number of rotatable bonds is 0. The lowest BCUT2D eigenvalue weighted by Crippen LogP contribution is -2.33. The lowest BCUT2D eigenvalue weighted by Gasteiger charge is -2.44. The highest BCUT2D eigenvalue weighted by Gasteiger charge is 2.38. The molecule has 0 saturated carbocycles. The first-order valence-electron chi connectivity index (χ1n) is 8.26. The molecule has 3 atom stereocenters. The molecule has 0 aromatic heterocycles. The van der Waals surface area contributed by atoms with E-state index in [-0.39, 0.29) is 0 Å². The number of hydrogen-bond donors (Lipinski definition) is 0. The van der Waals surface area contributed by atoms with Gasteiger partial charge in [0.05, 0.1) is 0 Å². The van der Waals surface area contributed by atoms with Gasteiger partial charge in [0.15, 0.2) is 0 Å². The van der Waals surface area contributed by atoms with E-state index < -0.39 is 0 Å². The van der Waals surface area contributed by atoms with Crippen molar-refractivity contribution < 1.29 is 0 Å². The molecular formula is C21H23N. The smallest absolute Gasteiger partial charge is 0.0444 e. The van der Waals surface area contributed by atoms with E-state index in [1.165, 1.54) is 28.1 Å². The number of allylic oxidation sites excluding steroid dienone is 2. The number of para-hydroxylation sites is 1. The number of nitrogens with zero attached hydrogens (tertiary/aromatic N) is 1. The highest BCUT2D eigenvalue weighted by atomic mass is 15.1. The molecule has 112 valence electrons. The van der Waals surface area contributed by atoms with Crippen molar-refractivity contribution >= 4 is 5.69 Å². The maximum Gasteiger partial charge on any atom is 0.0444 e. The Morgan fingerprint density at radius 2 is 1.18 bits per heavy atom. The molecule has 0 amide bonds. The number of benzene rings is 2. The molecule has 1 aliphatic carbocycles. The third kappa shape index (κ3) is 1.65. The Hall–Kier alpha value is -2.02. The van der Waals surface area contributed by atoms with Gasteiger partial charge in [0.25, 0.3) is 0 Å². The molecule has 0 N–H and O–H groups in total. The van der Waals surface area contributed by atoms with Gasteiger partial charge in [0.2, 0.25) is 0 Å². The minimum absolute atomic E-state index is 0.461. The average Bonchev–Trinajstić information content (AvgIpc) is 2.56. The Labute approximate surface area is 133 Å². The van der Waals surface area contributed by atoms with Gasteiger partial charge in [-0.05, 0) is 28.3 Å². The summed E-state index contributed by atoms with van der Waals surface area (Å²) in [5.74, 6) is 1.45. The molecule has 0 radical (unpaired) electrons. The SMILES string of the molecule is CC1C2=C(C(C)c3ccccc31)N(C)c1ccccc1C2C. The normalized spacial score (nSPS) is 26.4. The van der Waals surface area contributed by atoms with Crippen molar-refractivity contribution in [3.05, 3.63) is 76.5 Å². The van der Waals surface area contributed by atoms with Gasteiger partial charge in [-0.1, -0.05) is 63.2 Å². The van der Waals surface area contributed by atoms with Crippen LogP contribution in [-0.2, 0) is 0 Å². The van der Waals surface area contributed by atoms with Crippen LogP contribution in [0.25, 0.3) is 0 Å². The van der Waals surface area contributed by atoms with Crippen LogP contribution in [0.5, 0.6) is 0 Å². The van der Waals surface area contributed by atoms with Crippen LogP contribution < -0.4 is 4.90 Å². The van der Waals surface area contributed by atoms with E-state index in [4.69, 9.17) is 0 Å². The van der Waals surface area contributed by atoms with Gasteiger partial charge < -0.3 is 4.90 Å². The Balaban J connectivity index is 1.96. The van der Waals surface area contributed by atoms with Gasteiger partial charge in [0, 0.05) is 36.2 Å². The van der Waals surface area contributed by atoms with E-state index >= 15 is 0 Å². The van der Waals surface area contributed by atoms with E-state index in [2.05, 4.69) is 81.2 Å². The average molecular weight is 289 g/mol. The van der Waals surface area contributed by atoms with Crippen molar-refractivity contribution in [2.24, 2.45) is 0 Å². The third-order valence-electron chi connectivity index (χ3n) is 5.69. The summed E-state index contributed by atoms with van der Waals surface area (Å²) in [6.45, 7) is 7.10. The fraction of sp³-hybridized carbons (Fsp3) is 0.333. The highest BCUT2D eigenvalue weighted by Crippen LogP contribution is 2.53. The van der Waals surface area contributed by atoms with Crippen molar-refractivity contribution in [2.75, 3.05) is 11.9 Å². The molecule has 2 aliphatic rings. The Kier molecular flexibility index (Phi) is 2.94. The summed E-state index contributed by atoms with van der Waals surface area (Å²) in [5, 5.41) is 0. The van der Waals surface area contributed by atoms with E-state index in [0.717, 1.165) is 0 Å². The molecule has 1 heteroatoms. The summed E-state index contributed by atoms with van der Waals surface area (Å²) in [4.78, 5) is 2.43. The van der Waals surface area contributed by atoms with Crippen LogP contribution in [0.2, 0.25) is 0 Å². The number of hydrogen-bond acceptors (Lipinski definition) is 1. The van der Waals surface area contributed by atoms with Gasteiger partial charge in [-0.15, -0.1) is 0 Å². The maximum absolute atomic E-state index is 2.43. The molecule has 22 heavy (non-hydrogen) atoms. The molecule has 0 spiro atoms. The first-order valence-corrected chi connectivity index (χ1v) is 8.26. The number of fused-ring (bicyclic) bond motifs is 2. The quantitative estimate of drug-likeness (QED) is 0.626. The summed E-state index contributed by atoms with van der Waals surface area (Å²) in [6.07, 6.45) is 0. The van der Waals surface area contributed by atoms with Gasteiger partial charge >= 0.3 is 0 Å². The van der Waals surface area contributed by atoms with Crippen molar-refractivity contribution in [1.82, 2.24) is 0 Å². The molecular weight excluding hydrogens is 266 g/mol. The monoisotopic (exact) mass is 289 g/mol. The van der Waals surface area contributed by atoms with Gasteiger partial charge in [0.1, 0.15) is 0 Å². The Bertz CT molecular complexity index is 643. The van der Waals surface area contributed by atoms with E-state index in [1.807, 2.05) is 0 Å². The zero-order valence-corrected chi connectivity index (χ0v) is 13.8. The molecule has 2 aromatic rings. The van der Waals surface area contributed by atoms with Crippen molar-refractivity contribution in [3.8, 4) is 0 Å². The molecule has 0 saturated heterocycles. The predicted octanol–water partition coefficient (Wildman–Crippen LogP) is 5.41. The lowest BCUT2D eigenvalue weighted by molar-refractivity contribution is 0.641. The van der Waals surface area contributed by atoms with Crippen molar-refractivity contribution in [2.45, 2.75) is 38.5 Å². The first-order chi connectivity index (χ1) is 10.6. The molecule has 1 aliphatic heterocycles. The number of anilines is 1. The van der Waals surface area contributed by atoms with Gasteiger partial charge in [-0.25, -0.2) is 0 Å². The Morgan fingerprint density at radius 3 is 1.86 bits per heavy atom. The first kappa shape index (κ1) is 13.6. The molecule has 2 aromatic carbocycles. The van der Waals surface area contributed by atoms with Crippen molar-refractivity contribution in [1.29, 1.82) is 0 Å². The highest BCUT2D eigenvalue weighted by molar-refractivity contribution is 5.69. The summed E-state index contributed by atoms with van der Waals surface area (Å²) >= 11 is 0. The fourth-order valence-corrected chi connectivity index (χ4v) is 4.62. The topological polar surface area (TPSA) is 3.24 Å². The molecule has 1 nitrogen and oxygen atoms in total. The summed E-state index contributed by atoms with van der Waals surface area (Å²) in [5.41, 5.74) is 8.94. The van der Waals surface area contributed by atoms with Crippen LogP contribution in [0.3, 0.4) is 0 Å². The van der Waals surface area contributed by atoms with E-state index in [1.54, 1.807) is 5.57 Å². The lowest BCUT2D eigenvalue weighted by atomic mass is 9.69. The summed E-state index contributed by atoms with van der Waals surface area (Å²) in [6, 6.07) is 17.8. The standard InChI is InChI=1S/C21H23N/c1-13-16-9-5-6-10-17(16)15(3)21-20(13)14(2)18-11-7-8-12-19(18)22(21)4/h5-15H,1-4H3. The second kappa shape index (κ2) is 4.74. The van der Waals surface area contributed by atoms with Crippen molar-refractivity contribution in [3.63, 3.8) is 0 Å². The minimum Gasteiger partial charge on any atom is -0.347 e. The predicted molar refractivity (Wildman–Crippen MR) is 93.6 cm³/mol. The zero-order chi connectivity index (χ0) is 15.4. The largest absolute Gasteiger partial charge is 0.347 e. The minimum atomic E-state index is 0.461. The van der Waals surface area contributed by atoms with Crippen LogP contribution in [0.15, 0.2) is 59.8 Å². The van der Waals surface area contributed by atoms with Crippen LogP contribution in [0.4, 0.5) is 5.69 Å². The maximum atomic E-state index is 2.43.